The van der Waals surface area contributed by atoms with Crippen LogP contribution in [0.1, 0.15) is 65.7 Å². The number of nitrogens with one attached hydrogen (secondary N) is 1. The van der Waals surface area contributed by atoms with Crippen LogP contribution in [0.5, 0.6) is 0 Å². The van der Waals surface area contributed by atoms with Gasteiger partial charge in [0, 0.05) is 13.1 Å². The van der Waals surface area contributed by atoms with Crippen molar-refractivity contribution in [1.29, 1.82) is 0 Å². The van der Waals surface area contributed by atoms with E-state index < -0.39 is 0 Å². The van der Waals surface area contributed by atoms with Crippen LogP contribution in [0, 0.1) is 17.8 Å². The van der Waals surface area contributed by atoms with Gasteiger partial charge in [-0.05, 0) is 57.4 Å². The van der Waals surface area contributed by atoms with E-state index in [0.29, 0.717) is 5.91 Å². The number of carbonyl (C=O) groups excluding carboxylic acids is 1. The average Bonchev–Trinajstić information content (AvgIpc) is 2.56. The summed E-state index contributed by atoms with van der Waals surface area (Å²) in [5.41, 5.74) is 0. The van der Waals surface area contributed by atoms with Crippen LogP contribution in [0.25, 0.3) is 0 Å². The average molecular weight is 294 g/mol. The highest BCUT2D eigenvalue weighted by atomic mass is 16.2. The molecule has 2 fully saturated rings. The van der Waals surface area contributed by atoms with Gasteiger partial charge in [0.15, 0.2) is 0 Å². The minimum Gasteiger partial charge on any atom is -0.342 e. The molecule has 1 N–H and O–H groups in total. The van der Waals surface area contributed by atoms with Crippen LogP contribution < -0.4 is 5.32 Å². The molecule has 0 aromatic heterocycles. The first-order chi connectivity index (χ1) is 10.2. The van der Waals surface area contributed by atoms with Gasteiger partial charge in [-0.25, -0.2) is 0 Å². The largest absolute Gasteiger partial charge is 0.342 e. The van der Waals surface area contributed by atoms with Crippen molar-refractivity contribution in [2.45, 2.75) is 71.8 Å². The van der Waals surface area contributed by atoms with Gasteiger partial charge in [0.25, 0.3) is 0 Å². The van der Waals surface area contributed by atoms with E-state index in [-0.39, 0.29) is 6.04 Å². The minimum absolute atomic E-state index is 0.0747. The molecule has 122 valence electrons. The standard InChI is InChI=1S/C18H34N2O/c1-4-14-8-7-9-15(12-14)16-10-11-19-17(13-16)18(21)20(5-2)6-3/h14-17,19H,4-13H2,1-3H3. The van der Waals surface area contributed by atoms with Crippen LogP contribution in [0.15, 0.2) is 0 Å². The first kappa shape index (κ1) is 16.8. The molecule has 1 aliphatic carbocycles. The Balaban J connectivity index is 1.92. The van der Waals surface area contributed by atoms with E-state index in [1.807, 2.05) is 4.90 Å². The van der Waals surface area contributed by atoms with Gasteiger partial charge >= 0.3 is 0 Å². The molecule has 1 heterocycles. The summed E-state index contributed by atoms with van der Waals surface area (Å²) in [7, 11) is 0. The number of hydrogen-bond acceptors (Lipinski definition) is 2. The quantitative estimate of drug-likeness (QED) is 0.842. The Morgan fingerprint density at radius 3 is 2.43 bits per heavy atom. The molecule has 1 saturated carbocycles. The van der Waals surface area contributed by atoms with E-state index in [2.05, 4.69) is 26.1 Å². The molecule has 1 aliphatic heterocycles. The van der Waals surface area contributed by atoms with Crippen LogP contribution >= 0.6 is 0 Å². The number of piperidine rings is 1. The molecule has 1 amide bonds. The molecular formula is C18H34N2O. The van der Waals surface area contributed by atoms with Gasteiger partial charge in [-0.3, -0.25) is 4.79 Å². The third kappa shape index (κ3) is 4.21. The van der Waals surface area contributed by atoms with Crippen LogP contribution in [0.2, 0.25) is 0 Å². The maximum atomic E-state index is 12.6. The van der Waals surface area contributed by atoms with Gasteiger partial charge < -0.3 is 10.2 Å². The van der Waals surface area contributed by atoms with Gasteiger partial charge in [0.2, 0.25) is 5.91 Å². The van der Waals surface area contributed by atoms with Gasteiger partial charge in [-0.15, -0.1) is 0 Å². The SMILES string of the molecule is CCC1CCCC(C2CCNC(C(=O)N(CC)CC)C2)C1. The van der Waals surface area contributed by atoms with Gasteiger partial charge in [0.05, 0.1) is 6.04 Å². The first-order valence-corrected chi connectivity index (χ1v) is 9.21. The van der Waals surface area contributed by atoms with Crippen molar-refractivity contribution in [3.8, 4) is 0 Å². The molecule has 2 rings (SSSR count). The fourth-order valence-electron chi connectivity index (χ4n) is 4.45. The van der Waals surface area contributed by atoms with Crippen LogP contribution in [-0.4, -0.2) is 36.5 Å². The minimum atomic E-state index is 0.0747. The summed E-state index contributed by atoms with van der Waals surface area (Å²) in [6.07, 6.45) is 9.31. The van der Waals surface area contributed by atoms with E-state index in [0.717, 1.165) is 43.8 Å². The Hall–Kier alpha value is -0.570. The molecule has 0 bridgehead atoms. The van der Waals surface area contributed by atoms with Crippen molar-refractivity contribution in [2.24, 2.45) is 17.8 Å². The number of likely N-dealkylation sites (N-methyl/N-ethyl adjacent to an activating group) is 1. The molecule has 0 aromatic rings. The second-order valence-electron chi connectivity index (χ2n) is 7.00. The predicted molar refractivity (Wildman–Crippen MR) is 88.2 cm³/mol. The van der Waals surface area contributed by atoms with Crippen LogP contribution in [0.3, 0.4) is 0 Å². The Morgan fingerprint density at radius 1 is 1.05 bits per heavy atom. The van der Waals surface area contributed by atoms with Crippen molar-refractivity contribution < 1.29 is 4.79 Å². The first-order valence-electron chi connectivity index (χ1n) is 9.21. The molecule has 3 heteroatoms. The summed E-state index contributed by atoms with van der Waals surface area (Å²) < 4.78 is 0. The Kier molecular flexibility index (Phi) is 6.53. The molecule has 1 saturated heterocycles. The zero-order valence-corrected chi connectivity index (χ0v) is 14.2. The molecule has 0 spiro atoms. The number of carbonyl (C=O) groups is 1. The number of amides is 1. The summed E-state index contributed by atoms with van der Waals surface area (Å²) in [6, 6.07) is 0.0747. The van der Waals surface area contributed by atoms with Crippen molar-refractivity contribution in [2.75, 3.05) is 19.6 Å². The summed E-state index contributed by atoms with van der Waals surface area (Å²) in [5.74, 6) is 2.91. The van der Waals surface area contributed by atoms with Gasteiger partial charge in [-0.2, -0.15) is 0 Å². The molecule has 4 unspecified atom stereocenters. The number of rotatable bonds is 5. The molecule has 3 nitrogen and oxygen atoms in total. The zero-order valence-electron chi connectivity index (χ0n) is 14.2. The Labute approximate surface area is 130 Å². The van der Waals surface area contributed by atoms with Gasteiger partial charge in [0.1, 0.15) is 0 Å². The normalized spacial score (nSPS) is 33.7. The smallest absolute Gasteiger partial charge is 0.239 e. The fraction of sp³-hybridized carbons (Fsp3) is 0.944. The molecule has 4 atom stereocenters. The highest BCUT2D eigenvalue weighted by Crippen LogP contribution is 2.39. The van der Waals surface area contributed by atoms with Crippen LogP contribution in [0.4, 0.5) is 0 Å². The highest BCUT2D eigenvalue weighted by molar-refractivity contribution is 5.82. The van der Waals surface area contributed by atoms with Crippen LogP contribution in [-0.2, 0) is 4.79 Å². The van der Waals surface area contributed by atoms with Crippen molar-refractivity contribution in [3.05, 3.63) is 0 Å². The number of nitrogens with zero attached hydrogens (tertiary/aromatic N) is 1. The maximum Gasteiger partial charge on any atom is 0.239 e. The third-order valence-corrected chi connectivity index (χ3v) is 5.88. The second-order valence-corrected chi connectivity index (χ2v) is 7.00. The van der Waals surface area contributed by atoms with E-state index in [1.165, 1.54) is 38.5 Å². The monoisotopic (exact) mass is 294 g/mol. The Bertz CT molecular complexity index is 327. The van der Waals surface area contributed by atoms with Gasteiger partial charge in [-0.1, -0.05) is 32.6 Å². The predicted octanol–water partition coefficient (Wildman–Crippen LogP) is 3.44. The summed E-state index contributed by atoms with van der Waals surface area (Å²) in [5, 5.41) is 3.47. The van der Waals surface area contributed by atoms with Crippen molar-refractivity contribution in [1.82, 2.24) is 10.2 Å². The fourth-order valence-corrected chi connectivity index (χ4v) is 4.45. The van der Waals surface area contributed by atoms with Crippen molar-refractivity contribution >= 4 is 5.91 Å². The maximum absolute atomic E-state index is 12.6. The summed E-state index contributed by atoms with van der Waals surface area (Å²) >= 11 is 0. The number of hydrogen-bond donors (Lipinski definition) is 1. The van der Waals surface area contributed by atoms with E-state index in [4.69, 9.17) is 0 Å². The Morgan fingerprint density at radius 2 is 1.76 bits per heavy atom. The second kappa shape index (κ2) is 8.17. The zero-order chi connectivity index (χ0) is 15.2. The van der Waals surface area contributed by atoms with E-state index in [1.54, 1.807) is 0 Å². The molecule has 0 aromatic carbocycles. The lowest BCUT2D eigenvalue weighted by molar-refractivity contribution is -0.134. The van der Waals surface area contributed by atoms with E-state index in [9.17, 15) is 4.79 Å². The molecular weight excluding hydrogens is 260 g/mol. The molecule has 0 radical (unpaired) electrons. The molecule has 21 heavy (non-hydrogen) atoms. The molecule has 2 aliphatic rings. The lowest BCUT2D eigenvalue weighted by Gasteiger charge is -2.39. The lowest BCUT2D eigenvalue weighted by atomic mass is 9.70. The lowest BCUT2D eigenvalue weighted by Crippen LogP contribution is -2.51. The van der Waals surface area contributed by atoms with Crippen molar-refractivity contribution in [3.63, 3.8) is 0 Å². The highest BCUT2D eigenvalue weighted by Gasteiger charge is 2.34. The topological polar surface area (TPSA) is 32.3 Å². The third-order valence-electron chi connectivity index (χ3n) is 5.88. The summed E-state index contributed by atoms with van der Waals surface area (Å²) in [6.45, 7) is 9.18. The summed E-state index contributed by atoms with van der Waals surface area (Å²) in [4.78, 5) is 14.6. The van der Waals surface area contributed by atoms with E-state index >= 15 is 0 Å².